The first kappa shape index (κ1) is 17.4. The van der Waals surface area contributed by atoms with Gasteiger partial charge in [-0.15, -0.1) is 0 Å². The van der Waals surface area contributed by atoms with Crippen molar-refractivity contribution >= 4 is 17.9 Å². The summed E-state index contributed by atoms with van der Waals surface area (Å²) in [6.07, 6.45) is 5.06. The molecule has 3 N–H and O–H groups in total. The van der Waals surface area contributed by atoms with E-state index in [0.29, 0.717) is 38.5 Å². The normalized spacial score (nSPS) is 12.0. The Balaban J connectivity index is 3.68. The molecule has 6 nitrogen and oxygen atoms in total. The first-order chi connectivity index (χ1) is 8.93. The van der Waals surface area contributed by atoms with E-state index in [2.05, 4.69) is 0 Å². The average Bonchev–Trinajstić information content (AvgIpc) is 2.29. The van der Waals surface area contributed by atoms with E-state index in [1.807, 2.05) is 6.42 Å². The zero-order valence-electron chi connectivity index (χ0n) is 10.9. The SMILES string of the molecule is O=C(O)CCC[CH]CCC(CCCC(=O)O)C(=O)O. The van der Waals surface area contributed by atoms with Crippen LogP contribution in [0.4, 0.5) is 0 Å². The molecule has 0 aliphatic rings. The number of hydrogen-bond donors (Lipinski definition) is 3. The zero-order valence-corrected chi connectivity index (χ0v) is 10.9. The Kier molecular flexibility index (Phi) is 9.48. The van der Waals surface area contributed by atoms with Crippen LogP contribution in [0.15, 0.2) is 0 Å². The fraction of sp³-hybridized carbons (Fsp3) is 0.692. The second-order valence-corrected chi connectivity index (χ2v) is 4.47. The van der Waals surface area contributed by atoms with Gasteiger partial charge in [0.25, 0.3) is 0 Å². The minimum atomic E-state index is -0.913. The van der Waals surface area contributed by atoms with E-state index in [9.17, 15) is 14.4 Å². The monoisotopic (exact) mass is 273 g/mol. The zero-order chi connectivity index (χ0) is 14.7. The summed E-state index contributed by atoms with van der Waals surface area (Å²) in [7, 11) is 0. The second-order valence-electron chi connectivity index (χ2n) is 4.47. The topological polar surface area (TPSA) is 112 Å². The Bertz CT molecular complexity index is 300. The summed E-state index contributed by atoms with van der Waals surface area (Å²) >= 11 is 0. The molecule has 0 bridgehead atoms. The van der Waals surface area contributed by atoms with Crippen LogP contribution < -0.4 is 0 Å². The number of aliphatic carboxylic acids is 3. The molecule has 1 radical (unpaired) electrons. The standard InChI is InChI=1S/C13H21O6/c14-11(15)8-4-2-1-3-6-10(13(18)19)7-5-9-12(16)17/h1,10H,2-9H2,(H,14,15)(H,16,17)(H,18,19). The van der Waals surface area contributed by atoms with E-state index in [1.54, 1.807) is 0 Å². The maximum atomic E-state index is 10.9. The molecule has 0 amide bonds. The van der Waals surface area contributed by atoms with Gasteiger partial charge in [-0.1, -0.05) is 0 Å². The average molecular weight is 273 g/mol. The summed E-state index contributed by atoms with van der Waals surface area (Å²) in [4.78, 5) is 31.5. The first-order valence-corrected chi connectivity index (χ1v) is 6.41. The summed E-state index contributed by atoms with van der Waals surface area (Å²) < 4.78 is 0. The Hall–Kier alpha value is -1.59. The quantitative estimate of drug-likeness (QED) is 0.470. The van der Waals surface area contributed by atoms with Gasteiger partial charge in [0.1, 0.15) is 0 Å². The van der Waals surface area contributed by atoms with Crippen molar-refractivity contribution in [2.45, 2.75) is 51.4 Å². The molecule has 19 heavy (non-hydrogen) atoms. The van der Waals surface area contributed by atoms with Crippen molar-refractivity contribution in [3.8, 4) is 0 Å². The van der Waals surface area contributed by atoms with Crippen LogP contribution in [0.5, 0.6) is 0 Å². The summed E-state index contributed by atoms with van der Waals surface area (Å²) in [5, 5.41) is 25.9. The smallest absolute Gasteiger partial charge is 0.306 e. The Labute approximate surface area is 112 Å². The van der Waals surface area contributed by atoms with Gasteiger partial charge in [0.05, 0.1) is 5.92 Å². The maximum Gasteiger partial charge on any atom is 0.306 e. The first-order valence-electron chi connectivity index (χ1n) is 6.41. The lowest BCUT2D eigenvalue weighted by Crippen LogP contribution is -2.14. The van der Waals surface area contributed by atoms with Gasteiger partial charge in [0.2, 0.25) is 0 Å². The number of rotatable bonds is 12. The van der Waals surface area contributed by atoms with Gasteiger partial charge in [-0.2, -0.15) is 0 Å². The fourth-order valence-electron chi connectivity index (χ4n) is 1.75. The fourth-order valence-corrected chi connectivity index (χ4v) is 1.75. The summed E-state index contributed by atoms with van der Waals surface area (Å²) in [5.41, 5.74) is 0. The van der Waals surface area contributed by atoms with Gasteiger partial charge < -0.3 is 15.3 Å². The van der Waals surface area contributed by atoms with Gasteiger partial charge in [-0.25, -0.2) is 0 Å². The third kappa shape index (κ3) is 11.2. The molecule has 0 spiro atoms. The Morgan fingerprint density at radius 2 is 1.42 bits per heavy atom. The van der Waals surface area contributed by atoms with Gasteiger partial charge >= 0.3 is 17.9 Å². The lowest BCUT2D eigenvalue weighted by molar-refractivity contribution is -0.143. The molecule has 109 valence electrons. The van der Waals surface area contributed by atoms with Crippen LogP contribution in [-0.4, -0.2) is 33.2 Å². The van der Waals surface area contributed by atoms with Gasteiger partial charge in [-0.3, -0.25) is 14.4 Å². The molecule has 6 heteroatoms. The van der Waals surface area contributed by atoms with Crippen molar-refractivity contribution < 1.29 is 29.7 Å². The van der Waals surface area contributed by atoms with E-state index in [-0.39, 0.29) is 12.8 Å². The predicted molar refractivity (Wildman–Crippen MR) is 67.6 cm³/mol. The lowest BCUT2D eigenvalue weighted by Gasteiger charge is -2.11. The molecule has 0 heterocycles. The molecule has 0 aromatic carbocycles. The third-order valence-corrected chi connectivity index (χ3v) is 2.81. The number of carboxylic acid groups (broad SMARTS) is 3. The van der Waals surface area contributed by atoms with Crippen molar-refractivity contribution in [3.63, 3.8) is 0 Å². The number of carboxylic acids is 3. The Morgan fingerprint density at radius 1 is 0.842 bits per heavy atom. The molecule has 0 aliphatic carbocycles. The number of carbonyl (C=O) groups is 3. The highest BCUT2D eigenvalue weighted by Crippen LogP contribution is 2.17. The predicted octanol–water partition coefficient (Wildman–Crippen LogP) is 2.18. The van der Waals surface area contributed by atoms with Crippen molar-refractivity contribution in [1.29, 1.82) is 0 Å². The molecule has 0 aliphatic heterocycles. The maximum absolute atomic E-state index is 10.9. The van der Waals surface area contributed by atoms with Crippen molar-refractivity contribution in [3.05, 3.63) is 6.42 Å². The van der Waals surface area contributed by atoms with Crippen molar-refractivity contribution in [2.24, 2.45) is 5.92 Å². The molecule has 1 atom stereocenters. The van der Waals surface area contributed by atoms with Gasteiger partial charge in [-0.05, 0) is 44.9 Å². The highest BCUT2D eigenvalue weighted by molar-refractivity contribution is 5.70. The van der Waals surface area contributed by atoms with Gasteiger partial charge in [0.15, 0.2) is 0 Å². The molecule has 1 unspecified atom stereocenters. The molecule has 0 saturated heterocycles. The molecule has 0 saturated carbocycles. The van der Waals surface area contributed by atoms with E-state index in [0.717, 1.165) is 0 Å². The van der Waals surface area contributed by atoms with Crippen LogP contribution in [0.3, 0.4) is 0 Å². The highest BCUT2D eigenvalue weighted by Gasteiger charge is 2.17. The van der Waals surface area contributed by atoms with Crippen LogP contribution in [0.2, 0.25) is 0 Å². The summed E-state index contributed by atoms with van der Waals surface area (Å²) in [6.45, 7) is 0. The molecular formula is C13H21O6. The molecule has 0 aromatic rings. The lowest BCUT2D eigenvalue weighted by atomic mass is 9.95. The van der Waals surface area contributed by atoms with E-state index in [1.165, 1.54) is 0 Å². The third-order valence-electron chi connectivity index (χ3n) is 2.81. The van der Waals surface area contributed by atoms with Crippen LogP contribution in [0.1, 0.15) is 51.4 Å². The minimum absolute atomic E-state index is 0.00783. The van der Waals surface area contributed by atoms with Crippen molar-refractivity contribution in [1.82, 2.24) is 0 Å². The van der Waals surface area contributed by atoms with Gasteiger partial charge in [0, 0.05) is 12.8 Å². The molecule has 0 aromatic heterocycles. The van der Waals surface area contributed by atoms with E-state index < -0.39 is 23.8 Å². The minimum Gasteiger partial charge on any atom is -0.481 e. The molecule has 0 fully saturated rings. The Morgan fingerprint density at radius 3 is 1.95 bits per heavy atom. The molecule has 0 rings (SSSR count). The van der Waals surface area contributed by atoms with Crippen LogP contribution in [-0.2, 0) is 14.4 Å². The van der Waals surface area contributed by atoms with Crippen LogP contribution >= 0.6 is 0 Å². The van der Waals surface area contributed by atoms with Crippen molar-refractivity contribution in [2.75, 3.05) is 0 Å². The number of hydrogen-bond acceptors (Lipinski definition) is 3. The summed E-state index contributed by atoms with van der Waals surface area (Å²) in [5.74, 6) is -3.16. The number of unbranched alkanes of at least 4 members (excludes halogenated alkanes) is 3. The highest BCUT2D eigenvalue weighted by atomic mass is 16.4. The van der Waals surface area contributed by atoms with Crippen LogP contribution in [0, 0.1) is 12.3 Å². The van der Waals surface area contributed by atoms with Crippen LogP contribution in [0.25, 0.3) is 0 Å². The second kappa shape index (κ2) is 10.3. The largest absolute Gasteiger partial charge is 0.481 e. The van der Waals surface area contributed by atoms with E-state index >= 15 is 0 Å². The summed E-state index contributed by atoms with van der Waals surface area (Å²) in [6, 6.07) is 0. The molecular weight excluding hydrogens is 252 g/mol. The van der Waals surface area contributed by atoms with E-state index in [4.69, 9.17) is 15.3 Å².